The quantitative estimate of drug-likeness (QED) is 0.580. The molecular formula is C17H13Br2N. The van der Waals surface area contributed by atoms with Crippen molar-refractivity contribution in [3.8, 4) is 0 Å². The van der Waals surface area contributed by atoms with Gasteiger partial charge in [-0.1, -0.05) is 68.3 Å². The van der Waals surface area contributed by atoms with E-state index in [1.54, 1.807) is 0 Å². The minimum Gasteiger partial charge on any atom is -0.380 e. The van der Waals surface area contributed by atoms with Crippen molar-refractivity contribution < 1.29 is 0 Å². The van der Waals surface area contributed by atoms with E-state index < -0.39 is 0 Å². The van der Waals surface area contributed by atoms with Crippen LogP contribution < -0.4 is 5.32 Å². The number of hydrogen-bond acceptors (Lipinski definition) is 1. The summed E-state index contributed by atoms with van der Waals surface area (Å²) in [6, 6.07) is 21.0. The van der Waals surface area contributed by atoms with Gasteiger partial charge in [0.15, 0.2) is 0 Å². The van der Waals surface area contributed by atoms with Crippen LogP contribution in [-0.2, 0) is 6.54 Å². The van der Waals surface area contributed by atoms with Crippen molar-refractivity contribution >= 4 is 48.3 Å². The third-order valence-electron chi connectivity index (χ3n) is 3.27. The van der Waals surface area contributed by atoms with Gasteiger partial charge in [-0.15, -0.1) is 0 Å². The predicted octanol–water partition coefficient (Wildman–Crippen LogP) is 5.98. The fourth-order valence-electron chi connectivity index (χ4n) is 2.22. The van der Waals surface area contributed by atoms with Crippen LogP contribution in [0.2, 0.25) is 0 Å². The molecule has 0 aliphatic carbocycles. The average Bonchev–Trinajstić information content (AvgIpc) is 2.49. The van der Waals surface area contributed by atoms with Crippen LogP contribution in [0, 0.1) is 0 Å². The summed E-state index contributed by atoms with van der Waals surface area (Å²) in [7, 11) is 0. The molecule has 20 heavy (non-hydrogen) atoms. The van der Waals surface area contributed by atoms with E-state index in [0.717, 1.165) is 21.2 Å². The van der Waals surface area contributed by atoms with Crippen LogP contribution in [0.5, 0.6) is 0 Å². The molecule has 0 amide bonds. The highest BCUT2D eigenvalue weighted by Crippen LogP contribution is 2.30. The van der Waals surface area contributed by atoms with E-state index in [0.29, 0.717) is 0 Å². The number of benzene rings is 3. The van der Waals surface area contributed by atoms with Crippen LogP contribution >= 0.6 is 31.9 Å². The Labute approximate surface area is 135 Å². The Morgan fingerprint density at radius 1 is 0.750 bits per heavy atom. The lowest BCUT2D eigenvalue weighted by molar-refractivity contribution is 1.15. The summed E-state index contributed by atoms with van der Waals surface area (Å²) in [6.07, 6.45) is 0. The molecule has 0 bridgehead atoms. The summed E-state index contributed by atoms with van der Waals surface area (Å²) in [6.45, 7) is 0.818. The van der Waals surface area contributed by atoms with Crippen molar-refractivity contribution in [2.45, 2.75) is 6.54 Å². The van der Waals surface area contributed by atoms with Crippen LogP contribution in [0.3, 0.4) is 0 Å². The fourth-order valence-corrected chi connectivity index (χ4v) is 2.96. The molecule has 0 unspecified atom stereocenters. The van der Waals surface area contributed by atoms with Gasteiger partial charge in [0.1, 0.15) is 0 Å². The summed E-state index contributed by atoms with van der Waals surface area (Å²) >= 11 is 7.06. The summed E-state index contributed by atoms with van der Waals surface area (Å²) in [5.41, 5.74) is 2.42. The Morgan fingerprint density at radius 3 is 2.20 bits per heavy atom. The van der Waals surface area contributed by atoms with Crippen molar-refractivity contribution in [1.29, 1.82) is 0 Å². The monoisotopic (exact) mass is 389 g/mol. The first-order valence-electron chi connectivity index (χ1n) is 6.39. The lowest BCUT2D eigenvalue weighted by Crippen LogP contribution is -1.99. The zero-order valence-electron chi connectivity index (χ0n) is 10.7. The number of nitrogens with one attached hydrogen (secondary N) is 1. The van der Waals surface area contributed by atoms with Gasteiger partial charge in [0.2, 0.25) is 0 Å². The maximum absolute atomic E-state index is 3.60. The topological polar surface area (TPSA) is 12.0 Å². The second kappa shape index (κ2) is 5.98. The molecule has 0 aromatic heterocycles. The summed E-state index contributed by atoms with van der Waals surface area (Å²) in [5.74, 6) is 0. The molecule has 0 aliphatic heterocycles. The average molecular weight is 391 g/mol. The van der Waals surface area contributed by atoms with Gasteiger partial charge in [-0.05, 0) is 35.2 Å². The third kappa shape index (κ3) is 2.89. The van der Waals surface area contributed by atoms with Crippen LogP contribution in [-0.4, -0.2) is 0 Å². The smallest absolute Gasteiger partial charge is 0.0423 e. The molecule has 3 aromatic rings. The van der Waals surface area contributed by atoms with Gasteiger partial charge in [0.05, 0.1) is 0 Å². The lowest BCUT2D eigenvalue weighted by Gasteiger charge is -2.11. The van der Waals surface area contributed by atoms with Crippen molar-refractivity contribution in [1.82, 2.24) is 0 Å². The summed E-state index contributed by atoms with van der Waals surface area (Å²) in [5, 5.41) is 5.98. The number of halogens is 2. The standard InChI is InChI=1S/C17H13Br2N/c18-13-7-5-12(6-8-13)11-20-17-10-9-16(19)14-3-1-2-4-15(14)17/h1-10,20H,11H2. The first kappa shape index (κ1) is 13.7. The Hall–Kier alpha value is -1.32. The minimum atomic E-state index is 0.818. The van der Waals surface area contributed by atoms with Crippen LogP contribution in [0.4, 0.5) is 5.69 Å². The van der Waals surface area contributed by atoms with E-state index >= 15 is 0 Å². The van der Waals surface area contributed by atoms with E-state index in [1.807, 2.05) is 0 Å². The lowest BCUT2D eigenvalue weighted by atomic mass is 10.1. The summed E-state index contributed by atoms with van der Waals surface area (Å²) in [4.78, 5) is 0. The largest absolute Gasteiger partial charge is 0.380 e. The van der Waals surface area contributed by atoms with E-state index in [4.69, 9.17) is 0 Å². The Balaban J connectivity index is 1.88. The number of anilines is 1. The molecule has 0 aliphatic rings. The molecule has 3 heteroatoms. The second-order valence-electron chi connectivity index (χ2n) is 4.62. The van der Waals surface area contributed by atoms with Crippen molar-refractivity contribution in [2.24, 2.45) is 0 Å². The molecule has 0 atom stereocenters. The van der Waals surface area contributed by atoms with Gasteiger partial charge in [-0.2, -0.15) is 0 Å². The van der Waals surface area contributed by atoms with Crippen molar-refractivity contribution in [3.05, 3.63) is 75.2 Å². The predicted molar refractivity (Wildman–Crippen MR) is 93.1 cm³/mol. The highest BCUT2D eigenvalue weighted by atomic mass is 79.9. The van der Waals surface area contributed by atoms with E-state index in [2.05, 4.69) is 97.8 Å². The fraction of sp³-hybridized carbons (Fsp3) is 0.0588. The zero-order valence-corrected chi connectivity index (χ0v) is 13.9. The van der Waals surface area contributed by atoms with Crippen LogP contribution in [0.1, 0.15) is 5.56 Å². The second-order valence-corrected chi connectivity index (χ2v) is 6.39. The Morgan fingerprint density at radius 2 is 1.45 bits per heavy atom. The molecular weight excluding hydrogens is 378 g/mol. The molecule has 0 spiro atoms. The molecule has 3 aromatic carbocycles. The van der Waals surface area contributed by atoms with E-state index in [-0.39, 0.29) is 0 Å². The van der Waals surface area contributed by atoms with E-state index in [1.165, 1.54) is 16.3 Å². The molecule has 0 fully saturated rings. The normalized spacial score (nSPS) is 10.7. The molecule has 0 saturated carbocycles. The van der Waals surface area contributed by atoms with E-state index in [9.17, 15) is 0 Å². The van der Waals surface area contributed by atoms with Gasteiger partial charge in [0.25, 0.3) is 0 Å². The number of rotatable bonds is 3. The molecule has 0 radical (unpaired) electrons. The molecule has 0 heterocycles. The number of hydrogen-bond donors (Lipinski definition) is 1. The third-order valence-corrected chi connectivity index (χ3v) is 4.49. The van der Waals surface area contributed by atoms with Gasteiger partial charge in [0, 0.05) is 26.6 Å². The molecule has 100 valence electrons. The number of fused-ring (bicyclic) bond motifs is 1. The van der Waals surface area contributed by atoms with Gasteiger partial charge < -0.3 is 5.32 Å². The van der Waals surface area contributed by atoms with Gasteiger partial charge >= 0.3 is 0 Å². The molecule has 1 N–H and O–H groups in total. The highest BCUT2D eigenvalue weighted by molar-refractivity contribution is 9.11. The maximum Gasteiger partial charge on any atom is 0.0423 e. The first-order valence-corrected chi connectivity index (χ1v) is 7.98. The summed E-state index contributed by atoms with van der Waals surface area (Å²) < 4.78 is 2.23. The Kier molecular flexibility index (Phi) is 4.08. The molecule has 3 rings (SSSR count). The van der Waals surface area contributed by atoms with Crippen LogP contribution in [0.15, 0.2) is 69.6 Å². The van der Waals surface area contributed by atoms with Crippen molar-refractivity contribution in [2.75, 3.05) is 5.32 Å². The highest BCUT2D eigenvalue weighted by Gasteiger charge is 2.03. The molecule has 1 nitrogen and oxygen atoms in total. The SMILES string of the molecule is Brc1ccc(CNc2ccc(Br)c3ccccc23)cc1. The maximum atomic E-state index is 3.60. The van der Waals surface area contributed by atoms with Crippen molar-refractivity contribution in [3.63, 3.8) is 0 Å². The molecule has 0 saturated heterocycles. The minimum absolute atomic E-state index is 0.818. The first-order chi connectivity index (χ1) is 9.74. The zero-order chi connectivity index (χ0) is 13.9. The van der Waals surface area contributed by atoms with Gasteiger partial charge in [-0.25, -0.2) is 0 Å². The van der Waals surface area contributed by atoms with Gasteiger partial charge in [-0.3, -0.25) is 0 Å². The van der Waals surface area contributed by atoms with Crippen LogP contribution in [0.25, 0.3) is 10.8 Å². The Bertz CT molecular complexity index is 736.